The minimum atomic E-state index is -0.220. The molecule has 0 saturated heterocycles. The summed E-state index contributed by atoms with van der Waals surface area (Å²) >= 11 is 0. The van der Waals surface area contributed by atoms with Gasteiger partial charge in [0.25, 0.3) is 0 Å². The molecule has 0 bridgehead atoms. The quantitative estimate of drug-likeness (QED) is 0.799. The van der Waals surface area contributed by atoms with Crippen LogP contribution in [0.2, 0.25) is 0 Å². The van der Waals surface area contributed by atoms with E-state index < -0.39 is 0 Å². The summed E-state index contributed by atoms with van der Waals surface area (Å²) in [7, 11) is 1.39. The summed E-state index contributed by atoms with van der Waals surface area (Å²) in [4.78, 5) is 11.4. The van der Waals surface area contributed by atoms with E-state index in [-0.39, 0.29) is 23.6 Å². The van der Waals surface area contributed by atoms with Crippen molar-refractivity contribution in [1.29, 1.82) is 0 Å². The monoisotopic (exact) mass is 236 g/mol. The summed E-state index contributed by atoms with van der Waals surface area (Å²) in [6.45, 7) is 2.60. The molecule has 0 fully saturated rings. The number of esters is 1. The molecule has 92 valence electrons. The third-order valence-corrected chi connectivity index (χ3v) is 3.20. The van der Waals surface area contributed by atoms with Crippen molar-refractivity contribution >= 4 is 5.97 Å². The maximum absolute atomic E-state index is 11.4. The molecule has 1 aliphatic heterocycles. The summed E-state index contributed by atoms with van der Waals surface area (Å²) in [6, 6.07) is 5.02. The van der Waals surface area contributed by atoms with Crippen LogP contribution in [-0.4, -0.2) is 24.8 Å². The number of rotatable bonds is 2. The molecule has 0 spiro atoms. The first-order chi connectivity index (χ1) is 8.11. The Morgan fingerprint density at radius 3 is 3.06 bits per heavy atom. The van der Waals surface area contributed by atoms with E-state index in [9.17, 15) is 9.90 Å². The lowest BCUT2D eigenvalue weighted by Gasteiger charge is -2.30. The molecule has 1 aromatic carbocycles. The fourth-order valence-corrected chi connectivity index (χ4v) is 2.17. The molecule has 0 saturated carbocycles. The minimum absolute atomic E-state index is 0.0896. The minimum Gasteiger partial charge on any atom is -0.508 e. The van der Waals surface area contributed by atoms with Crippen LogP contribution in [0.25, 0.3) is 0 Å². The molecule has 2 unspecified atom stereocenters. The number of carbonyl (C=O) groups is 1. The van der Waals surface area contributed by atoms with Crippen molar-refractivity contribution in [2.45, 2.75) is 19.3 Å². The second-order valence-electron chi connectivity index (χ2n) is 4.40. The van der Waals surface area contributed by atoms with Crippen LogP contribution in [0, 0.1) is 5.92 Å². The van der Waals surface area contributed by atoms with Gasteiger partial charge >= 0.3 is 5.97 Å². The molecule has 17 heavy (non-hydrogen) atoms. The number of aromatic hydroxyl groups is 1. The maximum atomic E-state index is 11.4. The first-order valence-electron chi connectivity index (χ1n) is 5.64. The highest BCUT2D eigenvalue weighted by atomic mass is 16.5. The van der Waals surface area contributed by atoms with Crippen molar-refractivity contribution in [1.82, 2.24) is 0 Å². The van der Waals surface area contributed by atoms with E-state index in [1.54, 1.807) is 12.1 Å². The zero-order valence-corrected chi connectivity index (χ0v) is 9.97. The zero-order chi connectivity index (χ0) is 12.4. The first kappa shape index (κ1) is 11.8. The van der Waals surface area contributed by atoms with E-state index in [1.165, 1.54) is 7.11 Å². The van der Waals surface area contributed by atoms with E-state index in [2.05, 4.69) is 0 Å². The summed E-state index contributed by atoms with van der Waals surface area (Å²) in [5, 5.41) is 9.40. The van der Waals surface area contributed by atoms with Crippen LogP contribution < -0.4 is 4.74 Å². The van der Waals surface area contributed by atoms with Crippen molar-refractivity contribution in [2.75, 3.05) is 13.7 Å². The highest BCUT2D eigenvalue weighted by molar-refractivity contribution is 5.70. The maximum Gasteiger partial charge on any atom is 0.306 e. The third-order valence-electron chi connectivity index (χ3n) is 3.20. The Labute approximate surface area is 100 Å². The van der Waals surface area contributed by atoms with E-state index in [0.717, 1.165) is 5.56 Å². The molecule has 1 aliphatic rings. The number of benzene rings is 1. The molecule has 1 heterocycles. The Kier molecular flexibility index (Phi) is 3.22. The number of hydrogen-bond acceptors (Lipinski definition) is 4. The van der Waals surface area contributed by atoms with Crippen molar-refractivity contribution in [3.8, 4) is 11.5 Å². The smallest absolute Gasteiger partial charge is 0.306 e. The number of hydrogen-bond donors (Lipinski definition) is 1. The Bertz CT molecular complexity index is 427. The van der Waals surface area contributed by atoms with Gasteiger partial charge in [0.15, 0.2) is 0 Å². The average molecular weight is 236 g/mol. The van der Waals surface area contributed by atoms with Crippen LogP contribution in [0.3, 0.4) is 0 Å². The van der Waals surface area contributed by atoms with Gasteiger partial charge in [-0.25, -0.2) is 0 Å². The van der Waals surface area contributed by atoms with Crippen molar-refractivity contribution in [3.63, 3.8) is 0 Å². The second-order valence-corrected chi connectivity index (χ2v) is 4.40. The van der Waals surface area contributed by atoms with Crippen LogP contribution in [-0.2, 0) is 9.53 Å². The van der Waals surface area contributed by atoms with Gasteiger partial charge in [0.2, 0.25) is 0 Å². The lowest BCUT2D eigenvalue weighted by atomic mass is 9.83. The number of phenolic OH excluding ortho intramolecular Hbond substituents is 1. The molecule has 4 nitrogen and oxygen atoms in total. The SMILES string of the molecule is COC(=O)CC1c2ccc(O)cc2OCC1C. The fraction of sp³-hybridized carbons (Fsp3) is 0.462. The Hall–Kier alpha value is -1.71. The third kappa shape index (κ3) is 2.35. The van der Waals surface area contributed by atoms with Gasteiger partial charge in [-0.3, -0.25) is 4.79 Å². The Morgan fingerprint density at radius 1 is 1.59 bits per heavy atom. The van der Waals surface area contributed by atoms with Crippen molar-refractivity contribution in [3.05, 3.63) is 23.8 Å². The number of carbonyl (C=O) groups excluding carboxylic acids is 1. The second kappa shape index (κ2) is 4.65. The molecule has 1 aromatic rings. The number of fused-ring (bicyclic) bond motifs is 1. The molecule has 2 rings (SSSR count). The predicted octanol–water partition coefficient (Wildman–Crippen LogP) is 2.07. The van der Waals surface area contributed by atoms with Crippen LogP contribution in [0.4, 0.5) is 0 Å². The first-order valence-corrected chi connectivity index (χ1v) is 5.64. The Morgan fingerprint density at radius 2 is 2.35 bits per heavy atom. The summed E-state index contributed by atoms with van der Waals surface area (Å²) < 4.78 is 10.3. The van der Waals surface area contributed by atoms with Gasteiger partial charge < -0.3 is 14.6 Å². The van der Waals surface area contributed by atoms with Gasteiger partial charge in [0, 0.05) is 12.0 Å². The van der Waals surface area contributed by atoms with Gasteiger partial charge in [0.05, 0.1) is 20.1 Å². The summed E-state index contributed by atoms with van der Waals surface area (Å²) in [5.74, 6) is 0.966. The molecule has 0 radical (unpaired) electrons. The lowest BCUT2D eigenvalue weighted by Crippen LogP contribution is -2.25. The van der Waals surface area contributed by atoms with Crippen LogP contribution in [0.15, 0.2) is 18.2 Å². The van der Waals surface area contributed by atoms with E-state index in [4.69, 9.17) is 9.47 Å². The molecule has 2 atom stereocenters. The molecular formula is C13H16O4. The molecular weight excluding hydrogens is 220 g/mol. The number of methoxy groups -OCH3 is 1. The lowest BCUT2D eigenvalue weighted by molar-refractivity contribution is -0.141. The fourth-order valence-electron chi connectivity index (χ4n) is 2.17. The van der Waals surface area contributed by atoms with Gasteiger partial charge in [-0.15, -0.1) is 0 Å². The molecule has 4 heteroatoms. The molecule has 0 aliphatic carbocycles. The summed E-state index contributed by atoms with van der Waals surface area (Å²) in [5.41, 5.74) is 0.965. The number of ether oxygens (including phenoxy) is 2. The average Bonchev–Trinajstić information content (AvgIpc) is 2.32. The molecule has 0 aromatic heterocycles. The van der Waals surface area contributed by atoms with Gasteiger partial charge in [-0.05, 0) is 17.5 Å². The van der Waals surface area contributed by atoms with Crippen molar-refractivity contribution < 1.29 is 19.4 Å². The van der Waals surface area contributed by atoms with Crippen LogP contribution in [0.1, 0.15) is 24.8 Å². The molecule has 0 amide bonds. The standard InChI is InChI=1S/C13H16O4/c1-8-7-17-12-5-9(14)3-4-10(12)11(8)6-13(15)16-2/h3-5,8,11,14H,6-7H2,1-2H3. The van der Waals surface area contributed by atoms with Crippen LogP contribution >= 0.6 is 0 Å². The van der Waals surface area contributed by atoms with Gasteiger partial charge in [-0.1, -0.05) is 13.0 Å². The Balaban J connectivity index is 2.30. The number of phenols is 1. The highest BCUT2D eigenvalue weighted by Gasteiger charge is 2.30. The summed E-state index contributed by atoms with van der Waals surface area (Å²) in [6.07, 6.45) is 0.346. The zero-order valence-electron chi connectivity index (χ0n) is 9.97. The van der Waals surface area contributed by atoms with Crippen molar-refractivity contribution in [2.24, 2.45) is 5.92 Å². The topological polar surface area (TPSA) is 55.8 Å². The molecule has 1 N–H and O–H groups in total. The largest absolute Gasteiger partial charge is 0.508 e. The van der Waals surface area contributed by atoms with E-state index >= 15 is 0 Å². The van der Waals surface area contributed by atoms with Gasteiger partial charge in [-0.2, -0.15) is 0 Å². The normalized spacial score (nSPS) is 22.5. The van der Waals surface area contributed by atoms with E-state index in [1.807, 2.05) is 13.0 Å². The van der Waals surface area contributed by atoms with E-state index in [0.29, 0.717) is 18.8 Å². The van der Waals surface area contributed by atoms with Gasteiger partial charge in [0.1, 0.15) is 11.5 Å². The highest BCUT2D eigenvalue weighted by Crippen LogP contribution is 2.40. The predicted molar refractivity (Wildman–Crippen MR) is 62.1 cm³/mol. The van der Waals surface area contributed by atoms with Crippen LogP contribution in [0.5, 0.6) is 11.5 Å².